The van der Waals surface area contributed by atoms with Gasteiger partial charge in [-0.05, 0) is 50.2 Å². The lowest BCUT2D eigenvalue weighted by Crippen LogP contribution is -2.28. The summed E-state index contributed by atoms with van der Waals surface area (Å²) in [4.78, 5) is 25.2. The predicted molar refractivity (Wildman–Crippen MR) is 136 cm³/mol. The maximum absolute atomic E-state index is 12.7. The lowest BCUT2D eigenvalue weighted by molar-refractivity contribution is -0.113. The van der Waals surface area contributed by atoms with Crippen LogP contribution in [0.25, 0.3) is 0 Å². The average molecular weight is 496 g/mol. The van der Waals surface area contributed by atoms with E-state index in [9.17, 15) is 9.59 Å². The lowest BCUT2D eigenvalue weighted by atomic mass is 10.2. The predicted octanol–water partition coefficient (Wildman–Crippen LogP) is 4.09. The molecule has 184 valence electrons. The van der Waals surface area contributed by atoms with Gasteiger partial charge in [0.2, 0.25) is 5.91 Å². The molecule has 9 nitrogen and oxygen atoms in total. The third-order valence-electron chi connectivity index (χ3n) is 4.94. The van der Waals surface area contributed by atoms with Crippen LogP contribution in [0.15, 0.2) is 66.3 Å². The minimum Gasteiger partial charge on any atom is -0.497 e. The van der Waals surface area contributed by atoms with E-state index in [2.05, 4.69) is 27.4 Å². The number of nitrogens with zero attached hydrogens (tertiary/aromatic N) is 3. The number of nitrogens with one attached hydrogen (secondary N) is 2. The highest BCUT2D eigenvalue weighted by atomic mass is 32.2. The van der Waals surface area contributed by atoms with Crippen LogP contribution < -0.4 is 20.1 Å². The zero-order chi connectivity index (χ0) is 25.2. The number of anilines is 1. The van der Waals surface area contributed by atoms with Crippen molar-refractivity contribution in [2.24, 2.45) is 0 Å². The maximum Gasteiger partial charge on any atom is 0.251 e. The van der Waals surface area contributed by atoms with Gasteiger partial charge in [0.1, 0.15) is 11.5 Å². The number of para-hydroxylation sites is 2. The Kier molecular flexibility index (Phi) is 9.31. The quantitative estimate of drug-likeness (QED) is 0.288. The first kappa shape index (κ1) is 25.8. The van der Waals surface area contributed by atoms with Crippen molar-refractivity contribution in [3.63, 3.8) is 0 Å². The molecule has 1 aromatic heterocycles. The van der Waals surface area contributed by atoms with E-state index in [4.69, 9.17) is 9.47 Å². The molecule has 1 heterocycles. The summed E-state index contributed by atoms with van der Waals surface area (Å²) in [5.74, 6) is 1.55. The van der Waals surface area contributed by atoms with Crippen LogP contribution in [-0.2, 0) is 11.3 Å². The minimum atomic E-state index is -0.418. The molecule has 0 fully saturated rings. The van der Waals surface area contributed by atoms with Crippen LogP contribution in [0.2, 0.25) is 0 Å². The van der Waals surface area contributed by atoms with Crippen LogP contribution in [0.5, 0.6) is 11.5 Å². The van der Waals surface area contributed by atoms with Crippen LogP contribution in [0.1, 0.15) is 36.1 Å². The normalized spacial score (nSPS) is 11.4. The number of methoxy groups -OCH3 is 1. The summed E-state index contributed by atoms with van der Waals surface area (Å²) >= 11 is 1.25. The minimum absolute atomic E-state index is 0.127. The molecule has 10 heteroatoms. The highest BCUT2D eigenvalue weighted by Crippen LogP contribution is 2.25. The Hall–Kier alpha value is -3.79. The van der Waals surface area contributed by atoms with Gasteiger partial charge < -0.3 is 24.7 Å². The number of hydrogen-bond donors (Lipinski definition) is 2. The molecule has 3 rings (SSSR count). The largest absolute Gasteiger partial charge is 0.497 e. The van der Waals surface area contributed by atoms with Gasteiger partial charge in [0.15, 0.2) is 11.0 Å². The van der Waals surface area contributed by atoms with Crippen molar-refractivity contribution in [1.29, 1.82) is 0 Å². The Morgan fingerprint density at radius 3 is 2.60 bits per heavy atom. The van der Waals surface area contributed by atoms with Crippen molar-refractivity contribution in [2.75, 3.05) is 24.8 Å². The van der Waals surface area contributed by atoms with Crippen molar-refractivity contribution < 1.29 is 19.1 Å². The Morgan fingerprint density at radius 1 is 1.17 bits per heavy atom. The Morgan fingerprint density at radius 2 is 1.91 bits per heavy atom. The number of aromatic nitrogens is 3. The summed E-state index contributed by atoms with van der Waals surface area (Å²) < 4.78 is 12.5. The van der Waals surface area contributed by atoms with Gasteiger partial charge in [-0.25, -0.2) is 0 Å². The van der Waals surface area contributed by atoms with Crippen molar-refractivity contribution in [3.8, 4) is 11.5 Å². The van der Waals surface area contributed by atoms with Gasteiger partial charge in [-0.15, -0.1) is 16.8 Å². The van der Waals surface area contributed by atoms with Crippen LogP contribution in [0, 0.1) is 0 Å². The number of ether oxygens (including phenoxy) is 2. The van der Waals surface area contributed by atoms with E-state index in [1.807, 2.05) is 30.5 Å². The Bertz CT molecular complexity index is 1160. The monoisotopic (exact) mass is 495 g/mol. The molecule has 1 atom stereocenters. The van der Waals surface area contributed by atoms with E-state index in [-0.39, 0.29) is 17.6 Å². The van der Waals surface area contributed by atoms with Crippen LogP contribution >= 0.6 is 11.8 Å². The van der Waals surface area contributed by atoms with E-state index in [0.29, 0.717) is 46.9 Å². The number of carbonyl (C=O) groups is 2. The number of benzene rings is 2. The van der Waals surface area contributed by atoms with E-state index >= 15 is 0 Å². The van der Waals surface area contributed by atoms with E-state index in [1.54, 1.807) is 49.6 Å². The van der Waals surface area contributed by atoms with Gasteiger partial charge in [-0.3, -0.25) is 9.59 Å². The van der Waals surface area contributed by atoms with Gasteiger partial charge >= 0.3 is 0 Å². The molecule has 0 bridgehead atoms. The highest BCUT2D eigenvalue weighted by Gasteiger charge is 2.20. The summed E-state index contributed by atoms with van der Waals surface area (Å²) in [5.41, 5.74) is 1.12. The first-order valence-corrected chi connectivity index (χ1v) is 12.1. The molecule has 2 amide bonds. The smallest absolute Gasteiger partial charge is 0.251 e. The van der Waals surface area contributed by atoms with Crippen molar-refractivity contribution in [1.82, 2.24) is 20.1 Å². The summed E-state index contributed by atoms with van der Waals surface area (Å²) in [6.45, 7) is 8.46. The number of thioether (sulfide) groups is 1. The second-order valence-electron chi connectivity index (χ2n) is 7.43. The van der Waals surface area contributed by atoms with Crippen molar-refractivity contribution >= 4 is 29.3 Å². The topological polar surface area (TPSA) is 107 Å². The van der Waals surface area contributed by atoms with E-state index in [1.165, 1.54) is 11.8 Å². The number of hydrogen-bond acceptors (Lipinski definition) is 7. The van der Waals surface area contributed by atoms with Crippen molar-refractivity contribution in [3.05, 3.63) is 72.6 Å². The molecule has 0 aliphatic heterocycles. The van der Waals surface area contributed by atoms with Gasteiger partial charge in [0.05, 0.1) is 31.2 Å². The Balaban J connectivity index is 1.65. The number of rotatable bonds is 12. The molecule has 1 unspecified atom stereocenters. The molecule has 0 saturated carbocycles. The molecule has 0 aliphatic carbocycles. The van der Waals surface area contributed by atoms with Gasteiger partial charge in [0.25, 0.3) is 5.91 Å². The SMILES string of the molecule is C=CCn1c(SCC(=O)Nc2ccccc2OCC)nnc1C(C)NC(=O)c1ccc(OC)cc1. The number of carbonyl (C=O) groups excluding carboxylic acids is 2. The van der Waals surface area contributed by atoms with Gasteiger partial charge in [-0.1, -0.05) is 30.0 Å². The van der Waals surface area contributed by atoms with Crippen LogP contribution in [0.3, 0.4) is 0 Å². The molecule has 0 spiro atoms. The molecule has 2 aromatic carbocycles. The summed E-state index contributed by atoms with van der Waals surface area (Å²) in [5, 5.41) is 14.9. The number of allylic oxidation sites excluding steroid dienone is 1. The zero-order valence-electron chi connectivity index (χ0n) is 20.0. The van der Waals surface area contributed by atoms with Crippen LogP contribution in [0.4, 0.5) is 5.69 Å². The molecule has 35 heavy (non-hydrogen) atoms. The molecule has 2 N–H and O–H groups in total. The Labute approximate surface area is 208 Å². The summed E-state index contributed by atoms with van der Waals surface area (Å²) in [7, 11) is 1.57. The third kappa shape index (κ3) is 6.86. The second-order valence-corrected chi connectivity index (χ2v) is 8.37. The number of amides is 2. The zero-order valence-corrected chi connectivity index (χ0v) is 20.8. The van der Waals surface area contributed by atoms with Crippen LogP contribution in [-0.4, -0.2) is 46.0 Å². The second kappa shape index (κ2) is 12.6. The first-order chi connectivity index (χ1) is 17.0. The summed E-state index contributed by atoms with van der Waals surface area (Å²) in [6.07, 6.45) is 1.72. The lowest BCUT2D eigenvalue weighted by Gasteiger charge is -2.15. The molecule has 0 aliphatic rings. The third-order valence-corrected chi connectivity index (χ3v) is 5.90. The fraction of sp³-hybridized carbons (Fsp3) is 0.280. The van der Waals surface area contributed by atoms with E-state index in [0.717, 1.165) is 0 Å². The summed E-state index contributed by atoms with van der Waals surface area (Å²) in [6, 6.07) is 13.7. The molecule has 0 saturated heterocycles. The first-order valence-electron chi connectivity index (χ1n) is 11.1. The van der Waals surface area contributed by atoms with Crippen molar-refractivity contribution in [2.45, 2.75) is 31.6 Å². The fourth-order valence-corrected chi connectivity index (χ4v) is 4.04. The molecular weight excluding hydrogens is 466 g/mol. The average Bonchev–Trinajstić information content (AvgIpc) is 3.27. The van der Waals surface area contributed by atoms with Gasteiger partial charge in [-0.2, -0.15) is 0 Å². The van der Waals surface area contributed by atoms with E-state index < -0.39 is 6.04 Å². The van der Waals surface area contributed by atoms with Gasteiger partial charge in [0, 0.05) is 12.1 Å². The highest BCUT2D eigenvalue weighted by molar-refractivity contribution is 7.99. The molecule has 3 aromatic rings. The standard InChI is InChI=1S/C25H29N5O4S/c1-5-15-30-23(17(3)26-24(32)18-11-13-19(33-4)14-12-18)28-29-25(30)35-16-22(31)27-20-9-7-8-10-21(20)34-6-2/h5,7-14,17H,1,6,15-16H2,2-4H3,(H,26,32)(H,27,31). The molecule has 0 radical (unpaired) electrons. The molecular formula is C25H29N5O4S. The fourth-order valence-electron chi connectivity index (χ4n) is 3.28. The maximum atomic E-state index is 12.7.